The lowest BCUT2D eigenvalue weighted by Gasteiger charge is -2.25. The first kappa shape index (κ1) is 15.9. The van der Waals surface area contributed by atoms with E-state index in [2.05, 4.69) is 0 Å². The minimum Gasteiger partial charge on any atom is -0.379 e. The molecule has 0 radical (unpaired) electrons. The Kier molecular flexibility index (Phi) is 4.82. The third-order valence-electron chi connectivity index (χ3n) is 3.99. The summed E-state index contributed by atoms with van der Waals surface area (Å²) >= 11 is 1.20. The van der Waals surface area contributed by atoms with E-state index in [1.807, 2.05) is 4.90 Å². The molecule has 0 N–H and O–H groups in total. The topological polar surface area (TPSA) is 66.9 Å². The van der Waals surface area contributed by atoms with Gasteiger partial charge in [-0.1, -0.05) is 0 Å². The van der Waals surface area contributed by atoms with Crippen LogP contribution < -0.4 is 0 Å². The number of ether oxygens (including phenoxy) is 1. The summed E-state index contributed by atoms with van der Waals surface area (Å²) in [6.45, 7) is 3.30. The molecule has 1 aromatic rings. The van der Waals surface area contributed by atoms with Gasteiger partial charge in [0.25, 0.3) is 10.0 Å². The third-order valence-corrected chi connectivity index (χ3v) is 7.44. The Morgan fingerprint density at radius 3 is 2.50 bits per heavy atom. The van der Waals surface area contributed by atoms with Crippen molar-refractivity contribution in [2.75, 3.05) is 39.4 Å². The van der Waals surface area contributed by atoms with Gasteiger partial charge in [-0.05, 0) is 25.0 Å². The predicted octanol–water partition coefficient (Wildman–Crippen LogP) is 0.934. The van der Waals surface area contributed by atoms with E-state index in [4.69, 9.17) is 4.74 Å². The molecule has 2 saturated heterocycles. The number of rotatable bonds is 4. The first-order valence-corrected chi connectivity index (χ1v) is 9.77. The molecule has 2 aliphatic heterocycles. The third kappa shape index (κ3) is 3.34. The molecule has 8 heteroatoms. The highest BCUT2D eigenvalue weighted by Gasteiger charge is 2.28. The first-order valence-electron chi connectivity index (χ1n) is 7.52. The van der Waals surface area contributed by atoms with Crippen molar-refractivity contribution in [2.45, 2.75) is 23.5 Å². The number of morpholine rings is 1. The Bertz CT molecular complexity index is 629. The lowest BCUT2D eigenvalue weighted by Crippen LogP contribution is -2.40. The molecular weight excluding hydrogens is 324 g/mol. The van der Waals surface area contributed by atoms with E-state index in [0.29, 0.717) is 36.9 Å². The zero-order chi connectivity index (χ0) is 15.6. The summed E-state index contributed by atoms with van der Waals surface area (Å²) in [6.07, 6.45) is 2.42. The minimum atomic E-state index is -3.45. The fourth-order valence-electron chi connectivity index (χ4n) is 2.73. The smallest absolute Gasteiger partial charge is 0.252 e. The first-order chi connectivity index (χ1) is 10.6. The Labute approximate surface area is 134 Å². The lowest BCUT2D eigenvalue weighted by molar-refractivity contribution is -0.129. The van der Waals surface area contributed by atoms with Gasteiger partial charge < -0.3 is 9.64 Å². The summed E-state index contributed by atoms with van der Waals surface area (Å²) in [5.74, 6) is 0.0923. The molecule has 0 bridgehead atoms. The summed E-state index contributed by atoms with van der Waals surface area (Å²) in [6, 6.07) is 3.37. The Hall–Kier alpha value is -0.960. The number of hydrogen-bond acceptors (Lipinski definition) is 5. The van der Waals surface area contributed by atoms with Crippen LogP contribution in [0.15, 0.2) is 16.3 Å². The van der Waals surface area contributed by atoms with E-state index in [9.17, 15) is 13.2 Å². The molecule has 22 heavy (non-hydrogen) atoms. The number of likely N-dealkylation sites (tertiary alicyclic amines) is 1. The van der Waals surface area contributed by atoms with Gasteiger partial charge in [-0.3, -0.25) is 4.79 Å². The Morgan fingerprint density at radius 2 is 1.82 bits per heavy atom. The second-order valence-corrected chi connectivity index (χ2v) is 8.83. The van der Waals surface area contributed by atoms with Crippen LogP contribution in [0.4, 0.5) is 0 Å². The Balaban J connectivity index is 1.68. The van der Waals surface area contributed by atoms with Gasteiger partial charge in [-0.2, -0.15) is 4.31 Å². The second kappa shape index (κ2) is 6.66. The standard InChI is InChI=1S/C14H20N2O4S2/c17-13(15-5-1-2-6-15)11-12-3-4-14(21-12)22(18,19)16-7-9-20-10-8-16/h3-4H,1-2,5-11H2. The van der Waals surface area contributed by atoms with E-state index >= 15 is 0 Å². The van der Waals surface area contributed by atoms with Crippen LogP contribution in [0.25, 0.3) is 0 Å². The number of hydrogen-bond donors (Lipinski definition) is 0. The van der Waals surface area contributed by atoms with E-state index in [1.165, 1.54) is 15.6 Å². The SMILES string of the molecule is O=C(Cc1ccc(S(=O)(=O)N2CCOCC2)s1)N1CCCC1. The summed E-state index contributed by atoms with van der Waals surface area (Å²) in [7, 11) is -3.45. The average molecular weight is 344 g/mol. The molecule has 2 fully saturated rings. The van der Waals surface area contributed by atoms with Crippen LogP contribution in [0.5, 0.6) is 0 Å². The second-order valence-electron chi connectivity index (χ2n) is 5.50. The van der Waals surface area contributed by atoms with E-state index in [0.717, 1.165) is 30.8 Å². The van der Waals surface area contributed by atoms with Crippen molar-refractivity contribution >= 4 is 27.3 Å². The van der Waals surface area contributed by atoms with Crippen molar-refractivity contribution in [3.05, 3.63) is 17.0 Å². The van der Waals surface area contributed by atoms with Crippen molar-refractivity contribution in [3.8, 4) is 0 Å². The van der Waals surface area contributed by atoms with Crippen molar-refractivity contribution in [3.63, 3.8) is 0 Å². The van der Waals surface area contributed by atoms with E-state index in [1.54, 1.807) is 12.1 Å². The van der Waals surface area contributed by atoms with Crippen molar-refractivity contribution in [1.29, 1.82) is 0 Å². The lowest BCUT2D eigenvalue weighted by atomic mass is 10.3. The molecule has 0 aliphatic carbocycles. The highest BCUT2D eigenvalue weighted by Crippen LogP contribution is 2.26. The van der Waals surface area contributed by atoms with Crippen molar-refractivity contribution in [2.24, 2.45) is 0 Å². The van der Waals surface area contributed by atoms with Crippen LogP contribution in [0.2, 0.25) is 0 Å². The number of carbonyl (C=O) groups excluding carboxylic acids is 1. The average Bonchev–Trinajstić information content (AvgIpc) is 3.19. The maximum Gasteiger partial charge on any atom is 0.252 e. The molecule has 1 amide bonds. The van der Waals surface area contributed by atoms with E-state index < -0.39 is 10.0 Å². The van der Waals surface area contributed by atoms with Crippen molar-refractivity contribution in [1.82, 2.24) is 9.21 Å². The van der Waals surface area contributed by atoms with Crippen molar-refractivity contribution < 1.29 is 17.9 Å². The summed E-state index contributed by atoms with van der Waals surface area (Å²) in [5, 5.41) is 0. The zero-order valence-electron chi connectivity index (χ0n) is 12.4. The number of sulfonamides is 1. The molecule has 1 aromatic heterocycles. The normalized spacial score (nSPS) is 20.5. The molecule has 0 spiro atoms. The molecule has 3 rings (SSSR count). The fourth-order valence-corrected chi connectivity index (χ4v) is 5.64. The molecule has 122 valence electrons. The molecular formula is C14H20N2O4S2. The van der Waals surface area contributed by atoms with Gasteiger partial charge >= 0.3 is 0 Å². The molecule has 3 heterocycles. The van der Waals surface area contributed by atoms with Gasteiger partial charge in [0.2, 0.25) is 5.91 Å². The number of carbonyl (C=O) groups is 1. The number of thiophene rings is 1. The number of nitrogens with zero attached hydrogens (tertiary/aromatic N) is 2. The fraction of sp³-hybridized carbons (Fsp3) is 0.643. The van der Waals surface area contributed by atoms with Gasteiger partial charge in [0.1, 0.15) is 4.21 Å². The van der Waals surface area contributed by atoms with Gasteiger partial charge in [0.05, 0.1) is 19.6 Å². The summed E-state index contributed by atoms with van der Waals surface area (Å²) in [4.78, 5) is 14.8. The van der Waals surface area contributed by atoms with Crippen LogP contribution >= 0.6 is 11.3 Å². The molecule has 0 aromatic carbocycles. The van der Waals surface area contributed by atoms with E-state index in [-0.39, 0.29) is 5.91 Å². The van der Waals surface area contributed by atoms with Crippen LogP contribution in [0, 0.1) is 0 Å². The predicted molar refractivity (Wildman–Crippen MR) is 83.4 cm³/mol. The molecule has 2 aliphatic rings. The molecule has 0 unspecified atom stereocenters. The van der Waals surface area contributed by atoms with Crippen LogP contribution in [-0.4, -0.2) is 62.9 Å². The maximum absolute atomic E-state index is 12.5. The minimum absolute atomic E-state index is 0.0923. The van der Waals surface area contributed by atoms with Crippen LogP contribution in [0.1, 0.15) is 17.7 Å². The van der Waals surface area contributed by atoms with Crippen LogP contribution in [-0.2, 0) is 26.0 Å². The molecule has 6 nitrogen and oxygen atoms in total. The zero-order valence-corrected chi connectivity index (χ0v) is 14.0. The summed E-state index contributed by atoms with van der Waals surface area (Å²) in [5.41, 5.74) is 0. The van der Waals surface area contributed by atoms with Gasteiger partial charge in [-0.15, -0.1) is 11.3 Å². The summed E-state index contributed by atoms with van der Waals surface area (Å²) < 4.78 is 32.0. The van der Waals surface area contributed by atoms with Gasteiger partial charge in [0, 0.05) is 31.1 Å². The van der Waals surface area contributed by atoms with Gasteiger partial charge in [0.15, 0.2) is 0 Å². The van der Waals surface area contributed by atoms with Crippen LogP contribution in [0.3, 0.4) is 0 Å². The number of amides is 1. The highest BCUT2D eigenvalue weighted by atomic mass is 32.2. The maximum atomic E-state index is 12.5. The quantitative estimate of drug-likeness (QED) is 0.815. The largest absolute Gasteiger partial charge is 0.379 e. The molecule has 0 saturated carbocycles. The monoisotopic (exact) mass is 344 g/mol. The molecule has 0 atom stereocenters. The highest BCUT2D eigenvalue weighted by molar-refractivity contribution is 7.91. The van der Waals surface area contributed by atoms with Gasteiger partial charge in [-0.25, -0.2) is 8.42 Å². The Morgan fingerprint density at radius 1 is 1.14 bits per heavy atom.